The highest BCUT2D eigenvalue weighted by Gasteiger charge is 2.08. The van der Waals surface area contributed by atoms with Crippen LogP contribution in [0.3, 0.4) is 0 Å². The van der Waals surface area contributed by atoms with Gasteiger partial charge in [0.2, 0.25) is 5.91 Å². The maximum Gasteiger partial charge on any atom is 0.230 e. The lowest BCUT2D eigenvalue weighted by atomic mass is 10.1. The first-order valence-corrected chi connectivity index (χ1v) is 9.92. The van der Waals surface area contributed by atoms with Gasteiger partial charge in [-0.1, -0.05) is 53.2 Å². The highest BCUT2D eigenvalue weighted by atomic mass is 35.5. The predicted octanol–water partition coefficient (Wildman–Crippen LogP) is 4.82. The number of benzene rings is 2. The molecule has 0 bridgehead atoms. The van der Waals surface area contributed by atoms with Crippen molar-refractivity contribution in [3.63, 3.8) is 0 Å². The first kappa shape index (κ1) is 19.4. The molecule has 0 aliphatic rings. The molecule has 1 aromatic heterocycles. The van der Waals surface area contributed by atoms with Crippen LogP contribution in [0.25, 0.3) is 11.4 Å². The molecule has 138 valence electrons. The lowest BCUT2D eigenvalue weighted by Crippen LogP contribution is -2.24. The Kier molecular flexibility index (Phi) is 6.48. The van der Waals surface area contributed by atoms with E-state index in [9.17, 15) is 4.79 Å². The van der Waals surface area contributed by atoms with Crippen LogP contribution in [0.4, 0.5) is 0 Å². The molecule has 0 aliphatic heterocycles. The summed E-state index contributed by atoms with van der Waals surface area (Å²) in [7, 11) is 0. The second kappa shape index (κ2) is 9.02. The molecule has 2 aromatic carbocycles. The van der Waals surface area contributed by atoms with E-state index in [0.717, 1.165) is 21.8 Å². The molecular formula is C21H20ClN3OS. The van der Waals surface area contributed by atoms with Gasteiger partial charge in [-0.3, -0.25) is 4.79 Å². The fourth-order valence-corrected chi connectivity index (χ4v) is 3.35. The van der Waals surface area contributed by atoms with Gasteiger partial charge in [-0.25, -0.2) is 9.97 Å². The van der Waals surface area contributed by atoms with Crippen LogP contribution in [0.1, 0.15) is 16.8 Å². The molecule has 0 atom stereocenters. The number of hydrogen-bond acceptors (Lipinski definition) is 4. The van der Waals surface area contributed by atoms with Crippen molar-refractivity contribution in [3.05, 3.63) is 76.4 Å². The van der Waals surface area contributed by atoms with Gasteiger partial charge in [0.25, 0.3) is 0 Å². The first-order chi connectivity index (χ1) is 13.0. The van der Waals surface area contributed by atoms with Gasteiger partial charge in [0.05, 0.1) is 5.75 Å². The Morgan fingerprint density at radius 1 is 1.04 bits per heavy atom. The zero-order valence-electron chi connectivity index (χ0n) is 15.2. The van der Waals surface area contributed by atoms with Crippen LogP contribution in [0.5, 0.6) is 0 Å². The summed E-state index contributed by atoms with van der Waals surface area (Å²) >= 11 is 7.34. The van der Waals surface area contributed by atoms with Crippen molar-refractivity contribution in [1.29, 1.82) is 0 Å². The first-order valence-electron chi connectivity index (χ1n) is 8.56. The molecule has 0 aliphatic carbocycles. The van der Waals surface area contributed by atoms with E-state index < -0.39 is 0 Å². The van der Waals surface area contributed by atoms with Gasteiger partial charge in [-0.15, -0.1) is 0 Å². The minimum atomic E-state index is -0.0233. The average molecular weight is 398 g/mol. The smallest absolute Gasteiger partial charge is 0.230 e. The summed E-state index contributed by atoms with van der Waals surface area (Å²) in [5, 5.41) is 4.39. The normalized spacial score (nSPS) is 10.6. The van der Waals surface area contributed by atoms with Gasteiger partial charge >= 0.3 is 0 Å². The molecule has 0 fully saturated rings. The van der Waals surface area contributed by atoms with Gasteiger partial charge in [0, 0.05) is 22.8 Å². The standard InChI is InChI=1S/C21H20ClN3OS/c1-14-3-5-16(6-4-14)12-23-19(26)13-27-20-11-15(2)24-21(25-20)17-7-9-18(22)10-8-17/h3-11H,12-13H2,1-2H3,(H,23,26). The van der Waals surface area contributed by atoms with Gasteiger partial charge in [-0.05, 0) is 49.7 Å². The molecule has 0 saturated heterocycles. The number of thioether (sulfide) groups is 1. The fourth-order valence-electron chi connectivity index (χ4n) is 2.44. The van der Waals surface area contributed by atoms with E-state index in [-0.39, 0.29) is 5.91 Å². The van der Waals surface area contributed by atoms with Crippen LogP contribution in [-0.4, -0.2) is 21.6 Å². The van der Waals surface area contributed by atoms with Crippen molar-refractivity contribution in [3.8, 4) is 11.4 Å². The summed E-state index contributed by atoms with van der Waals surface area (Å²) < 4.78 is 0. The molecule has 0 radical (unpaired) electrons. The largest absolute Gasteiger partial charge is 0.351 e. The lowest BCUT2D eigenvalue weighted by Gasteiger charge is -2.07. The van der Waals surface area contributed by atoms with Crippen LogP contribution in [0.15, 0.2) is 59.6 Å². The van der Waals surface area contributed by atoms with Crippen LogP contribution >= 0.6 is 23.4 Å². The zero-order chi connectivity index (χ0) is 19.2. The number of carbonyl (C=O) groups is 1. The lowest BCUT2D eigenvalue weighted by molar-refractivity contribution is -0.118. The Labute approximate surface area is 168 Å². The van der Waals surface area contributed by atoms with Gasteiger partial charge in [0.1, 0.15) is 5.03 Å². The summed E-state index contributed by atoms with van der Waals surface area (Å²) in [6.45, 7) is 4.49. The number of amides is 1. The maximum atomic E-state index is 12.1. The number of carbonyl (C=O) groups excluding carboxylic acids is 1. The molecule has 3 aromatic rings. The fraction of sp³-hybridized carbons (Fsp3) is 0.190. The van der Waals surface area contributed by atoms with E-state index in [0.29, 0.717) is 23.1 Å². The van der Waals surface area contributed by atoms with Crippen molar-refractivity contribution in [1.82, 2.24) is 15.3 Å². The van der Waals surface area contributed by atoms with Crippen molar-refractivity contribution in [2.24, 2.45) is 0 Å². The van der Waals surface area contributed by atoms with Crippen molar-refractivity contribution < 1.29 is 4.79 Å². The minimum Gasteiger partial charge on any atom is -0.351 e. The second-order valence-electron chi connectivity index (χ2n) is 6.23. The second-order valence-corrected chi connectivity index (χ2v) is 7.66. The maximum absolute atomic E-state index is 12.1. The third-order valence-electron chi connectivity index (χ3n) is 3.89. The molecule has 1 amide bonds. The number of aryl methyl sites for hydroxylation is 2. The monoisotopic (exact) mass is 397 g/mol. The Bertz CT molecular complexity index is 927. The third kappa shape index (κ3) is 5.81. The van der Waals surface area contributed by atoms with E-state index in [1.54, 1.807) is 0 Å². The molecule has 1 N–H and O–H groups in total. The number of hydrogen-bond donors (Lipinski definition) is 1. The summed E-state index contributed by atoms with van der Waals surface area (Å²) in [4.78, 5) is 21.2. The van der Waals surface area contributed by atoms with E-state index in [1.807, 2.05) is 68.4 Å². The number of halogens is 1. The van der Waals surface area contributed by atoms with Gasteiger partial charge < -0.3 is 5.32 Å². The molecule has 0 unspecified atom stereocenters. The van der Waals surface area contributed by atoms with E-state index >= 15 is 0 Å². The number of aromatic nitrogens is 2. The molecule has 3 rings (SSSR count). The predicted molar refractivity (Wildman–Crippen MR) is 111 cm³/mol. The molecular weight excluding hydrogens is 378 g/mol. The zero-order valence-corrected chi connectivity index (χ0v) is 16.8. The molecule has 1 heterocycles. The number of nitrogens with one attached hydrogen (secondary N) is 1. The summed E-state index contributed by atoms with van der Waals surface area (Å²) in [6.07, 6.45) is 0. The Balaban J connectivity index is 1.59. The van der Waals surface area contributed by atoms with Crippen LogP contribution in [-0.2, 0) is 11.3 Å². The van der Waals surface area contributed by atoms with Gasteiger partial charge in [0.15, 0.2) is 5.82 Å². The highest BCUT2D eigenvalue weighted by Crippen LogP contribution is 2.22. The number of rotatable bonds is 6. The highest BCUT2D eigenvalue weighted by molar-refractivity contribution is 7.99. The Hall–Kier alpha value is -2.37. The topological polar surface area (TPSA) is 54.9 Å². The van der Waals surface area contributed by atoms with Gasteiger partial charge in [-0.2, -0.15) is 0 Å². The molecule has 0 spiro atoms. The number of nitrogens with zero attached hydrogens (tertiary/aromatic N) is 2. The van der Waals surface area contributed by atoms with Crippen molar-refractivity contribution in [2.45, 2.75) is 25.4 Å². The van der Waals surface area contributed by atoms with Crippen molar-refractivity contribution >= 4 is 29.3 Å². The SMILES string of the molecule is Cc1ccc(CNC(=O)CSc2cc(C)nc(-c3ccc(Cl)cc3)n2)cc1. The summed E-state index contributed by atoms with van der Waals surface area (Å²) in [6, 6.07) is 17.4. The van der Waals surface area contributed by atoms with Crippen LogP contribution < -0.4 is 5.32 Å². The van der Waals surface area contributed by atoms with Crippen molar-refractivity contribution in [2.75, 3.05) is 5.75 Å². The summed E-state index contributed by atoms with van der Waals surface area (Å²) in [5.74, 6) is 0.918. The third-order valence-corrected chi connectivity index (χ3v) is 5.06. The Morgan fingerprint density at radius 2 is 1.74 bits per heavy atom. The Morgan fingerprint density at radius 3 is 2.44 bits per heavy atom. The van der Waals surface area contributed by atoms with E-state index in [2.05, 4.69) is 15.3 Å². The minimum absolute atomic E-state index is 0.0233. The molecule has 4 nitrogen and oxygen atoms in total. The van der Waals surface area contributed by atoms with Crippen LogP contribution in [0, 0.1) is 13.8 Å². The molecule has 6 heteroatoms. The quantitative estimate of drug-likeness (QED) is 0.478. The average Bonchev–Trinajstić information content (AvgIpc) is 2.66. The van der Waals surface area contributed by atoms with E-state index in [4.69, 9.17) is 11.6 Å². The molecule has 0 saturated carbocycles. The summed E-state index contributed by atoms with van der Waals surface area (Å²) in [5.41, 5.74) is 4.05. The molecule has 27 heavy (non-hydrogen) atoms. The van der Waals surface area contributed by atoms with Crippen LogP contribution in [0.2, 0.25) is 5.02 Å². The van der Waals surface area contributed by atoms with E-state index in [1.165, 1.54) is 17.3 Å².